The SMILES string of the molecule is CCn1c(=O)c(C(=O)CN2CCCC[C@@H]2C(N)=O)c(N)n(Cc2ccc(Cl)c(F)c2)c1=O. The van der Waals surface area contributed by atoms with Crippen LogP contribution in [0.15, 0.2) is 27.8 Å². The van der Waals surface area contributed by atoms with Gasteiger partial charge in [-0.1, -0.05) is 24.1 Å². The minimum absolute atomic E-state index is 0.0147. The number of anilines is 1. The molecule has 1 atom stereocenters. The van der Waals surface area contributed by atoms with E-state index in [-0.39, 0.29) is 36.0 Å². The number of carbonyl (C=O) groups is 2. The number of hydrogen-bond donors (Lipinski definition) is 2. The number of likely N-dealkylation sites (tertiary alicyclic amines) is 1. The molecule has 2 aromatic rings. The fraction of sp³-hybridized carbons (Fsp3) is 0.429. The molecule has 0 radical (unpaired) electrons. The van der Waals surface area contributed by atoms with Crippen LogP contribution in [0.2, 0.25) is 5.02 Å². The average molecular weight is 466 g/mol. The quantitative estimate of drug-likeness (QED) is 0.585. The van der Waals surface area contributed by atoms with E-state index in [2.05, 4.69) is 0 Å². The van der Waals surface area contributed by atoms with Gasteiger partial charge in [-0.2, -0.15) is 0 Å². The highest BCUT2D eigenvalue weighted by atomic mass is 35.5. The highest BCUT2D eigenvalue weighted by molar-refractivity contribution is 6.30. The minimum Gasteiger partial charge on any atom is -0.384 e. The molecule has 0 saturated carbocycles. The fourth-order valence-corrected chi connectivity index (χ4v) is 4.11. The van der Waals surface area contributed by atoms with Gasteiger partial charge < -0.3 is 11.5 Å². The molecule has 32 heavy (non-hydrogen) atoms. The summed E-state index contributed by atoms with van der Waals surface area (Å²) in [5.74, 6) is -2.12. The number of nitrogen functional groups attached to an aromatic ring is 1. The first-order valence-electron chi connectivity index (χ1n) is 10.3. The molecule has 1 fully saturated rings. The third kappa shape index (κ3) is 4.61. The van der Waals surface area contributed by atoms with E-state index in [0.717, 1.165) is 28.0 Å². The first-order chi connectivity index (χ1) is 15.1. The lowest BCUT2D eigenvalue weighted by Crippen LogP contribution is -2.51. The van der Waals surface area contributed by atoms with Crippen LogP contribution in [0.3, 0.4) is 0 Å². The second-order valence-electron chi connectivity index (χ2n) is 7.73. The number of piperidine rings is 1. The largest absolute Gasteiger partial charge is 0.384 e. The molecule has 1 saturated heterocycles. The van der Waals surface area contributed by atoms with E-state index in [1.54, 1.807) is 11.8 Å². The zero-order valence-corrected chi connectivity index (χ0v) is 18.4. The van der Waals surface area contributed by atoms with Crippen molar-refractivity contribution in [1.82, 2.24) is 14.0 Å². The van der Waals surface area contributed by atoms with Crippen molar-refractivity contribution in [3.63, 3.8) is 0 Å². The standard InChI is InChI=1S/C21H25ClFN5O4/c1-2-27-20(31)17(16(29)11-26-8-4-3-5-15(26)19(25)30)18(24)28(21(27)32)10-12-6-7-13(22)14(23)9-12/h6-7,9,15H,2-5,8,10-11,24H2,1H3,(H2,25,30)/t15-/m1/s1. The van der Waals surface area contributed by atoms with Crippen molar-refractivity contribution in [1.29, 1.82) is 0 Å². The number of primary amides is 1. The molecule has 0 aliphatic carbocycles. The monoisotopic (exact) mass is 465 g/mol. The lowest BCUT2D eigenvalue weighted by molar-refractivity contribution is -0.124. The van der Waals surface area contributed by atoms with Gasteiger partial charge in [0.05, 0.1) is 24.2 Å². The molecule has 1 aliphatic heterocycles. The predicted octanol–water partition coefficient (Wildman–Crippen LogP) is 0.975. The Morgan fingerprint density at radius 2 is 1.94 bits per heavy atom. The van der Waals surface area contributed by atoms with Crippen LogP contribution >= 0.6 is 11.6 Å². The molecule has 0 spiro atoms. The summed E-state index contributed by atoms with van der Waals surface area (Å²) in [6.45, 7) is 1.69. The number of ketones is 1. The molecule has 2 heterocycles. The Morgan fingerprint density at radius 3 is 2.56 bits per heavy atom. The highest BCUT2D eigenvalue weighted by Crippen LogP contribution is 2.19. The first kappa shape index (κ1) is 23.7. The third-order valence-electron chi connectivity index (χ3n) is 5.68. The Morgan fingerprint density at radius 1 is 1.22 bits per heavy atom. The number of benzene rings is 1. The Hall–Kier alpha value is -2.98. The van der Waals surface area contributed by atoms with Gasteiger partial charge in [-0.15, -0.1) is 0 Å². The van der Waals surface area contributed by atoms with Crippen LogP contribution in [-0.2, 0) is 17.9 Å². The Labute approximate surface area is 188 Å². The van der Waals surface area contributed by atoms with Gasteiger partial charge in [-0.05, 0) is 44.0 Å². The molecule has 1 amide bonds. The summed E-state index contributed by atoms with van der Waals surface area (Å²) < 4.78 is 15.8. The van der Waals surface area contributed by atoms with E-state index in [4.69, 9.17) is 23.1 Å². The number of halogens is 2. The number of hydrogen-bond acceptors (Lipinski definition) is 6. The summed E-state index contributed by atoms with van der Waals surface area (Å²) in [5, 5.41) is -0.0750. The number of nitrogens with two attached hydrogens (primary N) is 2. The maximum Gasteiger partial charge on any atom is 0.332 e. The van der Waals surface area contributed by atoms with Crippen LogP contribution in [0.5, 0.6) is 0 Å². The zero-order chi connectivity index (χ0) is 23.6. The Bertz CT molecular complexity index is 1180. The molecule has 1 aromatic heterocycles. The molecule has 1 aliphatic rings. The van der Waals surface area contributed by atoms with Gasteiger partial charge in [0.15, 0.2) is 5.78 Å². The Kier molecular flexibility index (Phi) is 7.15. The maximum absolute atomic E-state index is 13.9. The Balaban J connectivity index is 2.03. The van der Waals surface area contributed by atoms with Crippen LogP contribution in [0, 0.1) is 5.82 Å². The maximum atomic E-state index is 13.9. The molecular formula is C21H25ClFN5O4. The number of amides is 1. The summed E-state index contributed by atoms with van der Waals surface area (Å²) in [4.78, 5) is 52.3. The van der Waals surface area contributed by atoms with Crippen molar-refractivity contribution in [2.75, 3.05) is 18.8 Å². The molecule has 9 nitrogen and oxygen atoms in total. The van der Waals surface area contributed by atoms with Crippen molar-refractivity contribution in [2.24, 2.45) is 5.73 Å². The molecule has 1 aromatic carbocycles. The lowest BCUT2D eigenvalue weighted by Gasteiger charge is -2.33. The van der Waals surface area contributed by atoms with Crippen LogP contribution in [-0.4, -0.2) is 44.9 Å². The first-order valence-corrected chi connectivity index (χ1v) is 10.7. The van der Waals surface area contributed by atoms with E-state index in [1.807, 2.05) is 0 Å². The fourth-order valence-electron chi connectivity index (χ4n) is 4.00. The van der Waals surface area contributed by atoms with Crippen LogP contribution in [0.1, 0.15) is 42.1 Å². The second-order valence-corrected chi connectivity index (χ2v) is 8.14. The molecule has 11 heteroatoms. The van der Waals surface area contributed by atoms with E-state index in [1.165, 1.54) is 12.1 Å². The van der Waals surface area contributed by atoms with Crippen LogP contribution in [0.4, 0.5) is 10.2 Å². The third-order valence-corrected chi connectivity index (χ3v) is 5.98. The summed E-state index contributed by atoms with van der Waals surface area (Å²) in [5.41, 5.74) is 10.1. The lowest BCUT2D eigenvalue weighted by atomic mass is 10.0. The summed E-state index contributed by atoms with van der Waals surface area (Å²) in [6.07, 6.45) is 2.12. The van der Waals surface area contributed by atoms with Crippen molar-refractivity contribution in [3.05, 3.63) is 61.0 Å². The number of aromatic nitrogens is 2. The van der Waals surface area contributed by atoms with Gasteiger partial charge in [0.1, 0.15) is 17.2 Å². The van der Waals surface area contributed by atoms with Gasteiger partial charge in [0.25, 0.3) is 5.56 Å². The van der Waals surface area contributed by atoms with Crippen molar-refractivity contribution < 1.29 is 14.0 Å². The molecule has 4 N–H and O–H groups in total. The summed E-state index contributed by atoms with van der Waals surface area (Å²) >= 11 is 5.71. The van der Waals surface area contributed by atoms with Crippen LogP contribution in [0.25, 0.3) is 0 Å². The minimum atomic E-state index is -0.800. The molecule has 0 unspecified atom stereocenters. The van der Waals surface area contributed by atoms with E-state index >= 15 is 0 Å². The molecule has 172 valence electrons. The average Bonchev–Trinajstić information content (AvgIpc) is 2.74. The van der Waals surface area contributed by atoms with Crippen molar-refractivity contribution in [2.45, 2.75) is 45.3 Å². The second kappa shape index (κ2) is 9.66. The van der Waals surface area contributed by atoms with Gasteiger partial charge in [0, 0.05) is 6.54 Å². The summed E-state index contributed by atoms with van der Waals surface area (Å²) in [6, 6.07) is 3.41. The highest BCUT2D eigenvalue weighted by Gasteiger charge is 2.31. The number of Topliss-reactive ketones (excluding diaryl/α,β-unsaturated/α-hetero) is 1. The topological polar surface area (TPSA) is 133 Å². The van der Waals surface area contributed by atoms with Crippen molar-refractivity contribution in [3.8, 4) is 0 Å². The number of carbonyl (C=O) groups excluding carboxylic acids is 2. The van der Waals surface area contributed by atoms with Gasteiger partial charge in [-0.3, -0.25) is 28.4 Å². The normalized spacial score (nSPS) is 16.8. The molecule has 3 rings (SSSR count). The number of nitrogens with zero attached hydrogens (tertiary/aromatic N) is 3. The molecular weight excluding hydrogens is 441 g/mol. The van der Waals surface area contributed by atoms with Crippen molar-refractivity contribution >= 4 is 29.1 Å². The predicted molar refractivity (Wildman–Crippen MR) is 118 cm³/mol. The van der Waals surface area contributed by atoms with Gasteiger partial charge >= 0.3 is 5.69 Å². The van der Waals surface area contributed by atoms with E-state index in [0.29, 0.717) is 18.5 Å². The van der Waals surface area contributed by atoms with E-state index < -0.39 is 34.8 Å². The van der Waals surface area contributed by atoms with Gasteiger partial charge in [0.2, 0.25) is 5.91 Å². The van der Waals surface area contributed by atoms with E-state index in [9.17, 15) is 23.6 Å². The zero-order valence-electron chi connectivity index (χ0n) is 17.6. The number of rotatable bonds is 7. The molecule has 0 bridgehead atoms. The smallest absolute Gasteiger partial charge is 0.332 e. The van der Waals surface area contributed by atoms with Crippen LogP contribution < -0.4 is 22.7 Å². The van der Waals surface area contributed by atoms with Gasteiger partial charge in [-0.25, -0.2) is 9.18 Å². The summed E-state index contributed by atoms with van der Waals surface area (Å²) in [7, 11) is 0.